The molecule has 0 amide bonds. The number of hydrogen-bond acceptors (Lipinski definition) is 3. The van der Waals surface area contributed by atoms with Crippen LogP contribution >= 0.6 is 0 Å². The van der Waals surface area contributed by atoms with E-state index in [1.807, 2.05) is 19.1 Å². The average Bonchev–Trinajstić information content (AvgIpc) is 2.17. The van der Waals surface area contributed by atoms with Crippen LogP contribution in [-0.4, -0.2) is 19.7 Å². The second-order valence-corrected chi connectivity index (χ2v) is 2.88. The summed E-state index contributed by atoms with van der Waals surface area (Å²) >= 11 is 0. The molecule has 1 aromatic carbocycles. The van der Waals surface area contributed by atoms with Gasteiger partial charge < -0.3 is 9.47 Å². The summed E-state index contributed by atoms with van der Waals surface area (Å²) in [6, 6.07) is 5.40. The molecule has 3 heteroatoms. The summed E-state index contributed by atoms with van der Waals surface area (Å²) in [6.45, 7) is 4.04. The molecular formula is C11H14O3. The van der Waals surface area contributed by atoms with Crippen LogP contribution in [0.15, 0.2) is 18.2 Å². The van der Waals surface area contributed by atoms with Crippen LogP contribution < -0.4 is 4.74 Å². The molecular weight excluding hydrogens is 180 g/mol. The molecule has 1 rings (SSSR count). The maximum Gasteiger partial charge on any atom is 0.341 e. The molecule has 0 unspecified atom stereocenters. The van der Waals surface area contributed by atoms with Gasteiger partial charge in [0.25, 0.3) is 0 Å². The molecule has 0 aliphatic rings. The highest BCUT2D eigenvalue weighted by Gasteiger charge is 2.14. The monoisotopic (exact) mass is 194 g/mol. The van der Waals surface area contributed by atoms with Gasteiger partial charge in [0.1, 0.15) is 11.3 Å². The minimum absolute atomic E-state index is 0.340. The molecule has 14 heavy (non-hydrogen) atoms. The molecule has 0 saturated heterocycles. The van der Waals surface area contributed by atoms with E-state index in [-0.39, 0.29) is 5.97 Å². The molecule has 0 aromatic heterocycles. The van der Waals surface area contributed by atoms with E-state index < -0.39 is 0 Å². The maximum absolute atomic E-state index is 11.5. The van der Waals surface area contributed by atoms with E-state index in [1.54, 1.807) is 20.1 Å². The van der Waals surface area contributed by atoms with Gasteiger partial charge in [-0.15, -0.1) is 0 Å². The van der Waals surface area contributed by atoms with Gasteiger partial charge in [0.2, 0.25) is 0 Å². The zero-order valence-electron chi connectivity index (χ0n) is 8.66. The van der Waals surface area contributed by atoms with Gasteiger partial charge in [0.15, 0.2) is 0 Å². The van der Waals surface area contributed by atoms with E-state index in [1.165, 1.54) is 0 Å². The van der Waals surface area contributed by atoms with Crippen molar-refractivity contribution in [2.24, 2.45) is 0 Å². The largest absolute Gasteiger partial charge is 0.496 e. The fourth-order valence-corrected chi connectivity index (χ4v) is 1.29. The van der Waals surface area contributed by atoms with Crippen LogP contribution in [0.25, 0.3) is 0 Å². The van der Waals surface area contributed by atoms with Crippen LogP contribution in [0.2, 0.25) is 0 Å². The fraction of sp³-hybridized carbons (Fsp3) is 0.364. The molecule has 0 aliphatic heterocycles. The van der Waals surface area contributed by atoms with Crippen LogP contribution in [0.3, 0.4) is 0 Å². The first kappa shape index (κ1) is 10.6. The predicted octanol–water partition coefficient (Wildman–Crippen LogP) is 2.18. The third-order valence-corrected chi connectivity index (χ3v) is 1.91. The van der Waals surface area contributed by atoms with Crippen molar-refractivity contribution in [3.8, 4) is 5.75 Å². The number of rotatable bonds is 3. The number of carbonyl (C=O) groups is 1. The van der Waals surface area contributed by atoms with E-state index in [2.05, 4.69) is 0 Å². The summed E-state index contributed by atoms with van der Waals surface area (Å²) in [5.74, 6) is 0.249. The first-order valence-corrected chi connectivity index (χ1v) is 4.51. The fourth-order valence-electron chi connectivity index (χ4n) is 1.29. The quantitative estimate of drug-likeness (QED) is 0.692. The summed E-state index contributed by atoms with van der Waals surface area (Å²) in [7, 11) is 1.55. The molecule has 0 fully saturated rings. The molecule has 0 saturated carbocycles. The molecule has 0 bridgehead atoms. The Bertz CT molecular complexity index is 331. The topological polar surface area (TPSA) is 35.5 Å². The smallest absolute Gasteiger partial charge is 0.341 e. The van der Waals surface area contributed by atoms with Crippen molar-refractivity contribution in [3.05, 3.63) is 29.3 Å². The maximum atomic E-state index is 11.5. The summed E-state index contributed by atoms with van der Waals surface area (Å²) in [5, 5.41) is 0. The number of aryl methyl sites for hydroxylation is 1. The van der Waals surface area contributed by atoms with E-state index in [4.69, 9.17) is 9.47 Å². The normalized spacial score (nSPS) is 9.64. The van der Waals surface area contributed by atoms with Gasteiger partial charge in [0.05, 0.1) is 13.7 Å². The van der Waals surface area contributed by atoms with Crippen LogP contribution in [0, 0.1) is 6.92 Å². The highest BCUT2D eigenvalue weighted by atomic mass is 16.5. The lowest BCUT2D eigenvalue weighted by atomic mass is 10.1. The second-order valence-electron chi connectivity index (χ2n) is 2.88. The van der Waals surface area contributed by atoms with E-state index in [0.29, 0.717) is 17.9 Å². The van der Waals surface area contributed by atoms with E-state index in [9.17, 15) is 4.79 Å². The van der Waals surface area contributed by atoms with Crippen molar-refractivity contribution in [1.29, 1.82) is 0 Å². The Morgan fingerprint density at radius 2 is 2.14 bits per heavy atom. The van der Waals surface area contributed by atoms with Crippen LogP contribution in [0.5, 0.6) is 5.75 Å². The molecule has 0 spiro atoms. The molecule has 0 heterocycles. The van der Waals surface area contributed by atoms with Gasteiger partial charge in [-0.05, 0) is 25.5 Å². The predicted molar refractivity (Wildman–Crippen MR) is 53.7 cm³/mol. The van der Waals surface area contributed by atoms with Crippen LogP contribution in [0.4, 0.5) is 0 Å². The Balaban J connectivity index is 3.07. The lowest BCUT2D eigenvalue weighted by Crippen LogP contribution is -2.07. The van der Waals surface area contributed by atoms with Crippen LogP contribution in [-0.2, 0) is 4.74 Å². The number of para-hydroxylation sites is 1. The van der Waals surface area contributed by atoms with Gasteiger partial charge in [0, 0.05) is 0 Å². The molecule has 0 N–H and O–H groups in total. The lowest BCUT2D eigenvalue weighted by Gasteiger charge is -2.09. The Morgan fingerprint density at radius 1 is 1.43 bits per heavy atom. The van der Waals surface area contributed by atoms with E-state index in [0.717, 1.165) is 5.56 Å². The van der Waals surface area contributed by atoms with Crippen molar-refractivity contribution in [1.82, 2.24) is 0 Å². The van der Waals surface area contributed by atoms with Crippen molar-refractivity contribution >= 4 is 5.97 Å². The standard InChI is InChI=1S/C11H14O3/c1-4-14-11(12)9-7-5-6-8(2)10(9)13-3/h5-7H,4H2,1-3H3. The van der Waals surface area contributed by atoms with Gasteiger partial charge >= 0.3 is 5.97 Å². The summed E-state index contributed by atoms with van der Waals surface area (Å²) in [4.78, 5) is 11.5. The van der Waals surface area contributed by atoms with Gasteiger partial charge in [-0.2, -0.15) is 0 Å². The zero-order chi connectivity index (χ0) is 10.6. The van der Waals surface area contributed by atoms with Crippen LogP contribution in [0.1, 0.15) is 22.8 Å². The van der Waals surface area contributed by atoms with Crippen molar-refractivity contribution in [2.75, 3.05) is 13.7 Å². The number of ether oxygens (including phenoxy) is 2. The molecule has 0 radical (unpaired) electrons. The molecule has 1 aromatic rings. The number of hydrogen-bond donors (Lipinski definition) is 0. The zero-order valence-corrected chi connectivity index (χ0v) is 8.66. The third kappa shape index (κ3) is 2.05. The van der Waals surface area contributed by atoms with Gasteiger partial charge in [-0.1, -0.05) is 12.1 Å². The molecule has 76 valence electrons. The second kappa shape index (κ2) is 4.65. The highest BCUT2D eigenvalue weighted by Crippen LogP contribution is 2.23. The average molecular weight is 194 g/mol. The number of carbonyl (C=O) groups excluding carboxylic acids is 1. The summed E-state index contributed by atoms with van der Waals surface area (Å²) < 4.78 is 10.0. The Kier molecular flexibility index (Phi) is 3.51. The molecule has 0 atom stereocenters. The van der Waals surface area contributed by atoms with Gasteiger partial charge in [-0.25, -0.2) is 4.79 Å². The minimum atomic E-state index is -0.340. The highest BCUT2D eigenvalue weighted by molar-refractivity contribution is 5.93. The first-order valence-electron chi connectivity index (χ1n) is 4.51. The van der Waals surface area contributed by atoms with E-state index >= 15 is 0 Å². The third-order valence-electron chi connectivity index (χ3n) is 1.91. The number of esters is 1. The van der Waals surface area contributed by atoms with Crippen molar-refractivity contribution in [2.45, 2.75) is 13.8 Å². The Labute approximate surface area is 83.6 Å². The summed E-state index contributed by atoms with van der Waals surface area (Å²) in [5.41, 5.74) is 1.41. The number of methoxy groups -OCH3 is 1. The Hall–Kier alpha value is -1.51. The summed E-state index contributed by atoms with van der Waals surface area (Å²) in [6.07, 6.45) is 0. The molecule has 0 aliphatic carbocycles. The van der Waals surface area contributed by atoms with Crippen molar-refractivity contribution < 1.29 is 14.3 Å². The first-order chi connectivity index (χ1) is 6.70. The Morgan fingerprint density at radius 3 is 2.71 bits per heavy atom. The van der Waals surface area contributed by atoms with Crippen molar-refractivity contribution in [3.63, 3.8) is 0 Å². The minimum Gasteiger partial charge on any atom is -0.496 e. The van der Waals surface area contributed by atoms with Gasteiger partial charge in [-0.3, -0.25) is 0 Å². The lowest BCUT2D eigenvalue weighted by molar-refractivity contribution is 0.0522. The number of benzene rings is 1. The SMILES string of the molecule is CCOC(=O)c1cccc(C)c1OC. The molecule has 3 nitrogen and oxygen atoms in total.